The van der Waals surface area contributed by atoms with Gasteiger partial charge >= 0.3 is 0 Å². The quantitative estimate of drug-likeness (QED) is 0.841. The van der Waals surface area contributed by atoms with Crippen molar-refractivity contribution in [3.05, 3.63) is 21.9 Å². The summed E-state index contributed by atoms with van der Waals surface area (Å²) >= 11 is 1.67. The lowest BCUT2D eigenvalue weighted by atomic mass is 9.49. The topological polar surface area (TPSA) is 29.1 Å². The van der Waals surface area contributed by atoms with Gasteiger partial charge in [0, 0.05) is 11.4 Å². The normalized spacial score (nSPS) is 35.8. The van der Waals surface area contributed by atoms with Gasteiger partial charge in [-0.1, -0.05) is 13.3 Å². The summed E-state index contributed by atoms with van der Waals surface area (Å²) in [5.41, 5.74) is 0.438. The predicted octanol–water partition coefficient (Wildman–Crippen LogP) is 4.65. The van der Waals surface area contributed by atoms with Crippen LogP contribution in [0.5, 0.6) is 0 Å². The first-order chi connectivity index (χ1) is 10.7. The van der Waals surface area contributed by atoms with Crippen molar-refractivity contribution in [1.82, 2.24) is 5.32 Å². The molecule has 0 spiro atoms. The van der Waals surface area contributed by atoms with Gasteiger partial charge in [-0.05, 0) is 80.2 Å². The van der Waals surface area contributed by atoms with Gasteiger partial charge in [-0.2, -0.15) is 0 Å². The summed E-state index contributed by atoms with van der Waals surface area (Å²) in [7, 11) is 0. The van der Waals surface area contributed by atoms with E-state index in [1.165, 1.54) is 43.4 Å². The third-order valence-corrected chi connectivity index (χ3v) is 7.31. The Bertz CT molecular complexity index is 526. The molecule has 0 saturated heterocycles. The van der Waals surface area contributed by atoms with Crippen LogP contribution in [0.4, 0.5) is 0 Å². The molecule has 0 atom stereocenters. The maximum atomic E-state index is 12.5. The van der Waals surface area contributed by atoms with Gasteiger partial charge in [0.1, 0.15) is 0 Å². The molecule has 4 aliphatic rings. The molecule has 1 aromatic heterocycles. The fourth-order valence-corrected chi connectivity index (χ4v) is 6.77. The Kier molecular flexibility index (Phi) is 3.80. The van der Waals surface area contributed by atoms with E-state index >= 15 is 0 Å². The highest BCUT2D eigenvalue weighted by Gasteiger charge is 2.50. The molecule has 1 aromatic rings. The second-order valence-corrected chi connectivity index (χ2v) is 9.28. The van der Waals surface area contributed by atoms with Crippen molar-refractivity contribution in [3.63, 3.8) is 0 Å². The number of thiophene rings is 1. The van der Waals surface area contributed by atoms with Crippen molar-refractivity contribution in [2.75, 3.05) is 6.54 Å². The van der Waals surface area contributed by atoms with Crippen LogP contribution in [0.15, 0.2) is 12.1 Å². The van der Waals surface area contributed by atoms with Gasteiger partial charge in [-0.3, -0.25) is 4.79 Å². The molecule has 1 heterocycles. The van der Waals surface area contributed by atoms with Crippen molar-refractivity contribution in [3.8, 4) is 0 Å². The summed E-state index contributed by atoms with van der Waals surface area (Å²) < 4.78 is 0. The van der Waals surface area contributed by atoms with Crippen molar-refractivity contribution in [1.29, 1.82) is 0 Å². The fourth-order valence-electron chi connectivity index (χ4n) is 5.74. The molecule has 1 amide bonds. The Morgan fingerprint density at radius 3 is 2.41 bits per heavy atom. The lowest BCUT2D eigenvalue weighted by molar-refractivity contribution is -0.0503. The molecule has 0 unspecified atom stereocenters. The average Bonchev–Trinajstić information content (AvgIpc) is 2.93. The molecule has 0 aromatic carbocycles. The molecule has 4 saturated carbocycles. The van der Waals surface area contributed by atoms with E-state index in [1.807, 2.05) is 6.07 Å². The Morgan fingerprint density at radius 2 is 1.82 bits per heavy atom. The first-order valence-electron chi connectivity index (χ1n) is 9.03. The third kappa shape index (κ3) is 2.73. The third-order valence-electron chi connectivity index (χ3n) is 6.17. The minimum absolute atomic E-state index is 0.156. The van der Waals surface area contributed by atoms with E-state index < -0.39 is 0 Å². The van der Waals surface area contributed by atoms with E-state index in [-0.39, 0.29) is 5.91 Å². The van der Waals surface area contributed by atoms with Crippen LogP contribution in [0, 0.1) is 23.2 Å². The number of rotatable bonds is 5. The highest BCUT2D eigenvalue weighted by molar-refractivity contribution is 7.14. The molecular formula is C19H27NOS. The molecular weight excluding hydrogens is 290 g/mol. The summed E-state index contributed by atoms with van der Waals surface area (Å²) in [6.45, 7) is 3.10. The standard InChI is InChI=1S/C19H27NOS/c1-2-3-16-4-5-17(22-16)18(21)20-12-19-9-13-6-14(10-19)8-15(7-13)11-19/h4-5,13-15H,2-3,6-12H2,1H3,(H,20,21). The molecule has 4 aliphatic carbocycles. The second-order valence-electron chi connectivity index (χ2n) is 8.12. The van der Waals surface area contributed by atoms with Crippen LogP contribution >= 0.6 is 11.3 Å². The van der Waals surface area contributed by atoms with Crippen LogP contribution in [0.2, 0.25) is 0 Å². The zero-order chi connectivity index (χ0) is 15.2. The monoisotopic (exact) mass is 317 g/mol. The number of aryl methyl sites for hydroxylation is 1. The number of nitrogens with one attached hydrogen (secondary N) is 1. The summed E-state index contributed by atoms with van der Waals surface area (Å²) in [4.78, 5) is 14.7. The molecule has 22 heavy (non-hydrogen) atoms. The zero-order valence-electron chi connectivity index (χ0n) is 13.6. The average molecular weight is 317 g/mol. The van der Waals surface area contributed by atoms with Gasteiger partial charge in [0.2, 0.25) is 0 Å². The molecule has 1 N–H and O–H groups in total. The van der Waals surface area contributed by atoms with E-state index in [0.29, 0.717) is 5.41 Å². The Balaban J connectivity index is 1.38. The number of hydrogen-bond acceptors (Lipinski definition) is 2. The summed E-state index contributed by atoms with van der Waals surface area (Å²) in [6, 6.07) is 4.12. The molecule has 0 radical (unpaired) electrons. The van der Waals surface area contributed by atoms with Gasteiger partial charge in [0.25, 0.3) is 5.91 Å². The molecule has 0 aliphatic heterocycles. The number of hydrogen-bond donors (Lipinski definition) is 1. The van der Waals surface area contributed by atoms with Gasteiger partial charge in [0.15, 0.2) is 0 Å². The summed E-state index contributed by atoms with van der Waals surface area (Å²) in [5.74, 6) is 3.03. The van der Waals surface area contributed by atoms with Crippen LogP contribution in [0.25, 0.3) is 0 Å². The molecule has 3 heteroatoms. The fraction of sp³-hybridized carbons (Fsp3) is 0.737. The molecule has 4 fully saturated rings. The van der Waals surface area contributed by atoms with E-state index in [9.17, 15) is 4.79 Å². The van der Waals surface area contributed by atoms with Gasteiger partial charge < -0.3 is 5.32 Å². The summed E-state index contributed by atoms with van der Waals surface area (Å²) in [6.07, 6.45) is 10.7. The van der Waals surface area contributed by atoms with Gasteiger partial charge in [0.05, 0.1) is 4.88 Å². The lowest BCUT2D eigenvalue weighted by Gasteiger charge is -2.56. The van der Waals surface area contributed by atoms with E-state index in [1.54, 1.807) is 11.3 Å². The van der Waals surface area contributed by atoms with Crippen LogP contribution in [-0.4, -0.2) is 12.5 Å². The van der Waals surface area contributed by atoms with Crippen LogP contribution in [0.1, 0.15) is 66.4 Å². The minimum atomic E-state index is 0.156. The van der Waals surface area contributed by atoms with E-state index in [2.05, 4.69) is 18.3 Å². The highest BCUT2D eigenvalue weighted by atomic mass is 32.1. The van der Waals surface area contributed by atoms with Crippen molar-refractivity contribution in [2.45, 2.75) is 58.3 Å². The van der Waals surface area contributed by atoms with Crippen LogP contribution in [0.3, 0.4) is 0 Å². The highest BCUT2D eigenvalue weighted by Crippen LogP contribution is 2.59. The van der Waals surface area contributed by atoms with Crippen molar-refractivity contribution < 1.29 is 4.79 Å². The number of carbonyl (C=O) groups excluding carboxylic acids is 1. The van der Waals surface area contributed by atoms with Crippen LogP contribution < -0.4 is 5.32 Å². The van der Waals surface area contributed by atoms with Crippen molar-refractivity contribution >= 4 is 17.2 Å². The first-order valence-corrected chi connectivity index (χ1v) is 9.84. The minimum Gasteiger partial charge on any atom is -0.351 e. The molecule has 120 valence electrons. The summed E-state index contributed by atoms with van der Waals surface area (Å²) in [5, 5.41) is 3.28. The van der Waals surface area contributed by atoms with Gasteiger partial charge in [-0.25, -0.2) is 0 Å². The van der Waals surface area contributed by atoms with E-state index in [4.69, 9.17) is 0 Å². The lowest BCUT2D eigenvalue weighted by Crippen LogP contribution is -2.51. The molecule has 5 rings (SSSR count). The largest absolute Gasteiger partial charge is 0.351 e. The number of carbonyl (C=O) groups is 1. The van der Waals surface area contributed by atoms with Crippen LogP contribution in [-0.2, 0) is 6.42 Å². The predicted molar refractivity (Wildman–Crippen MR) is 91.3 cm³/mol. The molecule has 4 bridgehead atoms. The smallest absolute Gasteiger partial charge is 0.261 e. The Morgan fingerprint density at radius 1 is 1.18 bits per heavy atom. The molecule has 2 nitrogen and oxygen atoms in total. The van der Waals surface area contributed by atoms with E-state index in [0.717, 1.165) is 42.0 Å². The number of amides is 1. The second kappa shape index (κ2) is 5.67. The maximum Gasteiger partial charge on any atom is 0.261 e. The van der Waals surface area contributed by atoms with Crippen molar-refractivity contribution in [2.24, 2.45) is 23.2 Å². The SMILES string of the molecule is CCCc1ccc(C(=O)NCC23CC4CC(CC(C4)C2)C3)s1. The zero-order valence-corrected chi connectivity index (χ0v) is 14.4. The Hall–Kier alpha value is -0.830. The maximum absolute atomic E-state index is 12.5. The Labute approximate surface area is 137 Å². The first kappa shape index (κ1) is 14.7. The van der Waals surface area contributed by atoms with Gasteiger partial charge in [-0.15, -0.1) is 11.3 Å².